The van der Waals surface area contributed by atoms with Crippen LogP contribution in [-0.4, -0.2) is 5.75 Å². The second-order valence-electron chi connectivity index (χ2n) is 3.16. The Labute approximate surface area is 92.2 Å². The van der Waals surface area contributed by atoms with E-state index in [1.54, 1.807) is 12.2 Å². The highest BCUT2D eigenvalue weighted by Gasteiger charge is 2.31. The van der Waals surface area contributed by atoms with Gasteiger partial charge in [-0.3, -0.25) is 0 Å². The molecular formula is C11H11F3S. The SMILES string of the molecule is Cc1cc(C=CCS)ccc1C(F)(F)F. The maximum Gasteiger partial charge on any atom is 0.416 e. The standard InChI is InChI=1S/C11H11F3S/c1-8-7-9(3-2-6-15)4-5-10(8)11(12,13)14/h2-5,7,15H,6H2,1H3. The Morgan fingerprint density at radius 2 is 2.00 bits per heavy atom. The van der Waals surface area contributed by atoms with E-state index in [9.17, 15) is 13.2 Å². The Morgan fingerprint density at radius 3 is 2.47 bits per heavy atom. The first-order valence-electron chi connectivity index (χ1n) is 4.40. The van der Waals surface area contributed by atoms with Crippen LogP contribution in [0.25, 0.3) is 6.08 Å². The third kappa shape index (κ3) is 3.30. The summed E-state index contributed by atoms with van der Waals surface area (Å²) in [5.74, 6) is 0.570. The van der Waals surface area contributed by atoms with E-state index in [0.29, 0.717) is 5.75 Å². The molecule has 15 heavy (non-hydrogen) atoms. The molecule has 0 aliphatic carbocycles. The average Bonchev–Trinajstić information content (AvgIpc) is 2.12. The summed E-state index contributed by atoms with van der Waals surface area (Å²) in [6.07, 6.45) is -0.735. The normalized spacial score (nSPS) is 12.3. The van der Waals surface area contributed by atoms with Crippen LogP contribution in [0.4, 0.5) is 13.2 Å². The summed E-state index contributed by atoms with van der Waals surface area (Å²) in [4.78, 5) is 0. The second-order valence-corrected chi connectivity index (χ2v) is 3.52. The van der Waals surface area contributed by atoms with Crippen molar-refractivity contribution < 1.29 is 13.2 Å². The minimum Gasteiger partial charge on any atom is -0.175 e. The number of aryl methyl sites for hydroxylation is 1. The van der Waals surface area contributed by atoms with Crippen LogP contribution in [0.15, 0.2) is 24.3 Å². The van der Waals surface area contributed by atoms with Crippen molar-refractivity contribution in [1.82, 2.24) is 0 Å². The van der Waals surface area contributed by atoms with Gasteiger partial charge in [0, 0.05) is 5.75 Å². The van der Waals surface area contributed by atoms with Crippen molar-refractivity contribution in [3.8, 4) is 0 Å². The van der Waals surface area contributed by atoms with Gasteiger partial charge in [-0.25, -0.2) is 0 Å². The van der Waals surface area contributed by atoms with E-state index in [-0.39, 0.29) is 5.56 Å². The lowest BCUT2D eigenvalue weighted by atomic mass is 10.0. The first-order valence-corrected chi connectivity index (χ1v) is 5.03. The minimum absolute atomic E-state index is 0.240. The third-order valence-corrected chi connectivity index (χ3v) is 2.18. The molecule has 0 heterocycles. The number of rotatable bonds is 2. The van der Waals surface area contributed by atoms with E-state index in [4.69, 9.17) is 0 Å². The summed E-state index contributed by atoms with van der Waals surface area (Å²) in [7, 11) is 0. The Morgan fingerprint density at radius 1 is 1.33 bits per heavy atom. The van der Waals surface area contributed by atoms with Crippen LogP contribution in [0.1, 0.15) is 16.7 Å². The molecule has 0 atom stereocenters. The zero-order valence-corrected chi connectivity index (χ0v) is 9.07. The summed E-state index contributed by atoms with van der Waals surface area (Å²) >= 11 is 3.98. The van der Waals surface area contributed by atoms with Gasteiger partial charge in [0.05, 0.1) is 5.56 Å². The number of alkyl halides is 3. The molecule has 0 aromatic heterocycles. The Kier molecular flexibility index (Phi) is 3.85. The van der Waals surface area contributed by atoms with Gasteiger partial charge in [-0.1, -0.05) is 24.3 Å². The molecular weight excluding hydrogens is 221 g/mol. The van der Waals surface area contributed by atoms with Crippen molar-refractivity contribution in [2.24, 2.45) is 0 Å². The van der Waals surface area contributed by atoms with Gasteiger partial charge in [0.25, 0.3) is 0 Å². The monoisotopic (exact) mass is 232 g/mol. The highest BCUT2D eigenvalue weighted by atomic mass is 32.1. The van der Waals surface area contributed by atoms with Crippen LogP contribution in [0, 0.1) is 6.92 Å². The molecule has 4 heteroatoms. The third-order valence-electron chi connectivity index (χ3n) is 1.97. The number of hydrogen-bond acceptors (Lipinski definition) is 1. The molecule has 82 valence electrons. The van der Waals surface area contributed by atoms with Gasteiger partial charge in [-0.2, -0.15) is 25.8 Å². The summed E-state index contributed by atoms with van der Waals surface area (Å²) < 4.78 is 37.2. The Hall–Kier alpha value is -0.900. The molecule has 0 spiro atoms. The lowest BCUT2D eigenvalue weighted by molar-refractivity contribution is -0.138. The Balaban J connectivity index is 3.04. The zero-order chi connectivity index (χ0) is 11.5. The van der Waals surface area contributed by atoms with Crippen LogP contribution in [-0.2, 0) is 6.18 Å². The van der Waals surface area contributed by atoms with Gasteiger partial charge in [-0.15, -0.1) is 0 Å². The predicted molar refractivity (Wildman–Crippen MR) is 59.1 cm³/mol. The molecule has 0 amide bonds. The largest absolute Gasteiger partial charge is 0.416 e. The van der Waals surface area contributed by atoms with E-state index in [1.165, 1.54) is 19.1 Å². The highest BCUT2D eigenvalue weighted by molar-refractivity contribution is 7.80. The molecule has 0 aliphatic heterocycles. The fraction of sp³-hybridized carbons (Fsp3) is 0.273. The fourth-order valence-electron chi connectivity index (χ4n) is 1.30. The van der Waals surface area contributed by atoms with Gasteiger partial charge >= 0.3 is 6.18 Å². The number of hydrogen-bond donors (Lipinski definition) is 1. The predicted octanol–water partition coefficient (Wildman–Crippen LogP) is 3.96. The van der Waals surface area contributed by atoms with Crippen molar-refractivity contribution in [2.45, 2.75) is 13.1 Å². The maximum atomic E-state index is 12.4. The molecule has 0 radical (unpaired) electrons. The van der Waals surface area contributed by atoms with Gasteiger partial charge in [0.15, 0.2) is 0 Å². The van der Waals surface area contributed by atoms with Crippen molar-refractivity contribution in [3.63, 3.8) is 0 Å². The molecule has 0 nitrogen and oxygen atoms in total. The summed E-state index contributed by atoms with van der Waals surface area (Å²) in [5, 5.41) is 0. The maximum absolute atomic E-state index is 12.4. The first kappa shape index (κ1) is 12.2. The van der Waals surface area contributed by atoms with Gasteiger partial charge < -0.3 is 0 Å². The minimum atomic E-state index is -4.27. The number of halogens is 3. The van der Waals surface area contributed by atoms with E-state index >= 15 is 0 Å². The molecule has 1 aromatic rings. The number of thiol groups is 1. The Bertz CT molecular complexity index is 367. The molecule has 1 rings (SSSR count). The molecule has 0 saturated carbocycles. The average molecular weight is 232 g/mol. The lowest BCUT2D eigenvalue weighted by Gasteiger charge is -2.10. The van der Waals surface area contributed by atoms with E-state index in [1.807, 2.05) is 0 Å². The van der Waals surface area contributed by atoms with E-state index in [0.717, 1.165) is 11.6 Å². The molecule has 0 bridgehead atoms. The summed E-state index contributed by atoms with van der Waals surface area (Å²) in [6.45, 7) is 1.46. The molecule has 0 aliphatic rings. The van der Waals surface area contributed by atoms with Gasteiger partial charge in [0.2, 0.25) is 0 Å². The van der Waals surface area contributed by atoms with Crippen molar-refractivity contribution in [2.75, 3.05) is 5.75 Å². The van der Waals surface area contributed by atoms with Crippen molar-refractivity contribution in [1.29, 1.82) is 0 Å². The van der Waals surface area contributed by atoms with Crippen LogP contribution in [0.5, 0.6) is 0 Å². The van der Waals surface area contributed by atoms with E-state index in [2.05, 4.69) is 12.6 Å². The smallest absolute Gasteiger partial charge is 0.175 e. The topological polar surface area (TPSA) is 0 Å². The molecule has 0 unspecified atom stereocenters. The van der Waals surface area contributed by atoms with Crippen LogP contribution < -0.4 is 0 Å². The molecule has 0 N–H and O–H groups in total. The summed E-state index contributed by atoms with van der Waals surface area (Å²) in [6, 6.07) is 4.08. The highest BCUT2D eigenvalue weighted by Crippen LogP contribution is 2.32. The quantitative estimate of drug-likeness (QED) is 0.733. The number of benzene rings is 1. The summed E-state index contributed by atoms with van der Waals surface area (Å²) in [5.41, 5.74) is 0.420. The van der Waals surface area contributed by atoms with Crippen LogP contribution in [0.3, 0.4) is 0 Å². The molecule has 1 aromatic carbocycles. The second kappa shape index (κ2) is 4.75. The van der Waals surface area contributed by atoms with Gasteiger partial charge in [-0.05, 0) is 24.1 Å². The van der Waals surface area contributed by atoms with Crippen molar-refractivity contribution in [3.05, 3.63) is 41.0 Å². The molecule has 0 fully saturated rings. The zero-order valence-electron chi connectivity index (χ0n) is 8.17. The van der Waals surface area contributed by atoms with Gasteiger partial charge in [0.1, 0.15) is 0 Å². The first-order chi connectivity index (χ1) is 6.95. The van der Waals surface area contributed by atoms with E-state index < -0.39 is 11.7 Å². The van der Waals surface area contributed by atoms with Crippen LogP contribution in [0.2, 0.25) is 0 Å². The lowest BCUT2D eigenvalue weighted by Crippen LogP contribution is -2.07. The fourth-order valence-corrected chi connectivity index (χ4v) is 1.40. The van der Waals surface area contributed by atoms with Crippen molar-refractivity contribution >= 4 is 18.7 Å². The van der Waals surface area contributed by atoms with Crippen LogP contribution >= 0.6 is 12.6 Å². The molecule has 0 saturated heterocycles.